The van der Waals surface area contributed by atoms with E-state index in [-0.39, 0.29) is 0 Å². The molecule has 1 N–H and O–H groups in total. The average Bonchev–Trinajstić information content (AvgIpc) is 2.46. The van der Waals surface area contributed by atoms with Crippen molar-refractivity contribution in [1.82, 2.24) is 4.90 Å². The van der Waals surface area contributed by atoms with Gasteiger partial charge in [0.1, 0.15) is 0 Å². The summed E-state index contributed by atoms with van der Waals surface area (Å²) in [7, 11) is 2.14. The normalized spacial score (nSPS) is 18.7. The lowest BCUT2D eigenvalue weighted by Crippen LogP contribution is -2.37. The second-order valence-electron chi connectivity index (χ2n) is 5.15. The molecule has 0 aliphatic carbocycles. The first-order valence-corrected chi connectivity index (χ1v) is 7.68. The number of rotatable bonds is 5. The lowest BCUT2D eigenvalue weighted by Gasteiger charge is -2.31. The summed E-state index contributed by atoms with van der Waals surface area (Å²) in [6, 6.07) is 8.48. The molecule has 0 amide bonds. The molecule has 1 aromatic carbocycles. The van der Waals surface area contributed by atoms with Crippen LogP contribution in [-0.4, -0.2) is 42.9 Å². The molecular formula is C15H22BrNO2. The van der Waals surface area contributed by atoms with E-state index in [1.54, 1.807) is 0 Å². The van der Waals surface area contributed by atoms with E-state index in [1.165, 1.54) is 0 Å². The average molecular weight is 328 g/mol. The minimum absolute atomic E-state index is 0.405. The lowest BCUT2D eigenvalue weighted by atomic mass is 10.0. The van der Waals surface area contributed by atoms with Gasteiger partial charge in [-0.25, -0.2) is 0 Å². The van der Waals surface area contributed by atoms with E-state index in [0.717, 1.165) is 49.1 Å². The smallest absolute Gasteiger partial charge is 0.0813 e. The summed E-state index contributed by atoms with van der Waals surface area (Å²) in [4.78, 5) is 2.35. The highest BCUT2D eigenvalue weighted by Crippen LogP contribution is 2.25. The number of halogens is 1. The fraction of sp³-hybridized carbons (Fsp3) is 0.600. The van der Waals surface area contributed by atoms with E-state index in [9.17, 15) is 5.11 Å². The number of nitrogens with zero attached hydrogens (tertiary/aromatic N) is 1. The van der Waals surface area contributed by atoms with Gasteiger partial charge in [-0.05, 0) is 37.9 Å². The molecule has 0 spiro atoms. The highest BCUT2D eigenvalue weighted by atomic mass is 79.9. The second-order valence-corrected chi connectivity index (χ2v) is 6.00. The minimum atomic E-state index is -0.405. The largest absolute Gasteiger partial charge is 0.388 e. The Balaban J connectivity index is 1.82. The minimum Gasteiger partial charge on any atom is -0.388 e. The Labute approximate surface area is 123 Å². The standard InChI is InChI=1S/C15H22BrNO2/c1-17(12-7-10-19-11-8-12)9-6-15(18)13-4-2-3-5-14(13)16/h2-5,12,15,18H,6-11H2,1H3. The molecular weight excluding hydrogens is 306 g/mol. The molecule has 1 fully saturated rings. The third-order valence-electron chi connectivity index (χ3n) is 3.83. The van der Waals surface area contributed by atoms with Crippen LogP contribution in [0.3, 0.4) is 0 Å². The molecule has 1 saturated heterocycles. The fourth-order valence-electron chi connectivity index (χ4n) is 2.54. The number of aliphatic hydroxyl groups excluding tert-OH is 1. The molecule has 0 saturated carbocycles. The van der Waals surface area contributed by atoms with Crippen LogP contribution < -0.4 is 0 Å². The first-order valence-electron chi connectivity index (χ1n) is 6.89. The highest BCUT2D eigenvalue weighted by Gasteiger charge is 2.19. The molecule has 3 nitrogen and oxygen atoms in total. The summed E-state index contributed by atoms with van der Waals surface area (Å²) in [6.07, 6.45) is 2.55. The van der Waals surface area contributed by atoms with Crippen molar-refractivity contribution in [2.24, 2.45) is 0 Å². The zero-order valence-electron chi connectivity index (χ0n) is 11.4. The number of ether oxygens (including phenoxy) is 1. The molecule has 2 rings (SSSR count). The third-order valence-corrected chi connectivity index (χ3v) is 4.56. The van der Waals surface area contributed by atoms with Crippen molar-refractivity contribution in [1.29, 1.82) is 0 Å². The number of hydrogen-bond donors (Lipinski definition) is 1. The Morgan fingerprint density at radius 2 is 2.05 bits per heavy atom. The van der Waals surface area contributed by atoms with Crippen LogP contribution in [0.25, 0.3) is 0 Å². The molecule has 1 aliphatic rings. The summed E-state index contributed by atoms with van der Waals surface area (Å²) in [6.45, 7) is 2.64. The Kier molecular flexibility index (Phi) is 5.82. The molecule has 1 aliphatic heterocycles. The molecule has 19 heavy (non-hydrogen) atoms. The van der Waals surface area contributed by atoms with Crippen LogP contribution >= 0.6 is 15.9 Å². The summed E-state index contributed by atoms with van der Waals surface area (Å²) in [5.74, 6) is 0. The van der Waals surface area contributed by atoms with Gasteiger partial charge in [-0.2, -0.15) is 0 Å². The topological polar surface area (TPSA) is 32.7 Å². The summed E-state index contributed by atoms with van der Waals surface area (Å²) < 4.78 is 6.36. The van der Waals surface area contributed by atoms with Crippen molar-refractivity contribution in [2.75, 3.05) is 26.8 Å². The van der Waals surface area contributed by atoms with Gasteiger partial charge in [0.25, 0.3) is 0 Å². The zero-order valence-corrected chi connectivity index (χ0v) is 13.0. The van der Waals surface area contributed by atoms with Crippen molar-refractivity contribution in [3.8, 4) is 0 Å². The molecule has 1 unspecified atom stereocenters. The number of benzene rings is 1. The van der Waals surface area contributed by atoms with Crippen LogP contribution in [0.15, 0.2) is 28.7 Å². The molecule has 4 heteroatoms. The van der Waals surface area contributed by atoms with E-state index in [4.69, 9.17) is 4.74 Å². The lowest BCUT2D eigenvalue weighted by molar-refractivity contribution is 0.0376. The Morgan fingerprint density at radius 1 is 1.37 bits per heavy atom. The monoisotopic (exact) mass is 327 g/mol. The SMILES string of the molecule is CN(CCC(O)c1ccccc1Br)C1CCOCC1. The first-order chi connectivity index (χ1) is 9.18. The maximum atomic E-state index is 10.3. The van der Waals surface area contributed by atoms with E-state index in [1.807, 2.05) is 24.3 Å². The second kappa shape index (κ2) is 7.39. The van der Waals surface area contributed by atoms with Crippen molar-refractivity contribution in [3.63, 3.8) is 0 Å². The molecule has 1 atom stereocenters. The Bertz CT molecular complexity index is 393. The van der Waals surface area contributed by atoms with Crippen molar-refractivity contribution < 1.29 is 9.84 Å². The van der Waals surface area contributed by atoms with Crippen molar-refractivity contribution in [2.45, 2.75) is 31.4 Å². The fourth-order valence-corrected chi connectivity index (χ4v) is 3.08. The highest BCUT2D eigenvalue weighted by molar-refractivity contribution is 9.10. The first kappa shape index (κ1) is 15.0. The number of aliphatic hydroxyl groups is 1. The molecule has 0 radical (unpaired) electrons. The third kappa shape index (κ3) is 4.28. The summed E-state index contributed by atoms with van der Waals surface area (Å²) in [5, 5.41) is 10.3. The van der Waals surface area contributed by atoms with Gasteiger partial charge in [-0.15, -0.1) is 0 Å². The predicted molar refractivity (Wildman–Crippen MR) is 80.2 cm³/mol. The zero-order chi connectivity index (χ0) is 13.7. The maximum absolute atomic E-state index is 10.3. The molecule has 106 valence electrons. The quantitative estimate of drug-likeness (QED) is 0.902. The Hall–Kier alpha value is -0.420. The van der Waals surface area contributed by atoms with Gasteiger partial charge < -0.3 is 14.7 Å². The van der Waals surface area contributed by atoms with Crippen LogP contribution in [0.4, 0.5) is 0 Å². The Morgan fingerprint density at radius 3 is 2.74 bits per heavy atom. The predicted octanol–water partition coefficient (Wildman–Crippen LogP) is 2.98. The van der Waals surface area contributed by atoms with Crippen molar-refractivity contribution >= 4 is 15.9 Å². The van der Waals surface area contributed by atoms with Crippen LogP contribution in [0.2, 0.25) is 0 Å². The van der Waals surface area contributed by atoms with Crippen LogP contribution in [0.5, 0.6) is 0 Å². The van der Waals surface area contributed by atoms with Crippen LogP contribution in [0, 0.1) is 0 Å². The summed E-state index contributed by atoms with van der Waals surface area (Å²) >= 11 is 3.49. The van der Waals surface area contributed by atoms with Crippen LogP contribution in [0.1, 0.15) is 30.9 Å². The van der Waals surface area contributed by atoms with Gasteiger partial charge in [-0.1, -0.05) is 34.1 Å². The summed E-state index contributed by atoms with van der Waals surface area (Å²) in [5.41, 5.74) is 0.975. The number of hydrogen-bond acceptors (Lipinski definition) is 3. The van der Waals surface area contributed by atoms with Crippen LogP contribution in [-0.2, 0) is 4.74 Å². The maximum Gasteiger partial charge on any atom is 0.0813 e. The van der Waals surface area contributed by atoms with Gasteiger partial charge in [0.2, 0.25) is 0 Å². The van der Waals surface area contributed by atoms with Crippen molar-refractivity contribution in [3.05, 3.63) is 34.3 Å². The van der Waals surface area contributed by atoms with E-state index in [0.29, 0.717) is 6.04 Å². The van der Waals surface area contributed by atoms with Gasteiger partial charge in [-0.3, -0.25) is 0 Å². The van der Waals surface area contributed by atoms with E-state index >= 15 is 0 Å². The molecule has 0 aromatic heterocycles. The molecule has 1 aromatic rings. The van der Waals surface area contributed by atoms with E-state index < -0.39 is 6.10 Å². The molecule has 1 heterocycles. The molecule has 0 bridgehead atoms. The van der Waals surface area contributed by atoms with Gasteiger partial charge in [0, 0.05) is 30.3 Å². The van der Waals surface area contributed by atoms with Gasteiger partial charge in [0.05, 0.1) is 6.10 Å². The van der Waals surface area contributed by atoms with E-state index in [2.05, 4.69) is 27.9 Å². The van der Waals surface area contributed by atoms with Gasteiger partial charge >= 0.3 is 0 Å². The van der Waals surface area contributed by atoms with Gasteiger partial charge in [0.15, 0.2) is 0 Å².